The van der Waals surface area contributed by atoms with E-state index in [1.165, 1.54) is 12.8 Å². The zero-order valence-corrected chi connectivity index (χ0v) is 11.3. The van der Waals surface area contributed by atoms with Gasteiger partial charge >= 0.3 is 0 Å². The molecule has 2 rings (SSSR count). The number of benzene rings is 1. The standard InChI is InChI=1S/C14H20ClNO2/c1-14(8-17,9-18)16-13(10-2-3-10)11-4-6-12(15)7-5-11/h4-7,10,13,16-18H,2-3,8-9H2,1H3. The zero-order valence-electron chi connectivity index (χ0n) is 10.6. The second-order valence-electron chi connectivity index (χ2n) is 5.39. The Labute approximate surface area is 113 Å². The van der Waals surface area contributed by atoms with E-state index in [2.05, 4.69) is 5.32 Å². The summed E-state index contributed by atoms with van der Waals surface area (Å²) in [6.45, 7) is 1.67. The smallest absolute Gasteiger partial charge is 0.0633 e. The molecule has 100 valence electrons. The lowest BCUT2D eigenvalue weighted by Crippen LogP contribution is -2.51. The average molecular weight is 270 g/mol. The Bertz CT molecular complexity index is 385. The molecule has 0 aromatic heterocycles. The molecule has 4 heteroatoms. The van der Waals surface area contributed by atoms with Crippen LogP contribution in [0.15, 0.2) is 24.3 Å². The second-order valence-corrected chi connectivity index (χ2v) is 5.82. The van der Waals surface area contributed by atoms with E-state index in [1.807, 2.05) is 31.2 Å². The molecule has 3 N–H and O–H groups in total. The van der Waals surface area contributed by atoms with Gasteiger partial charge in [0.2, 0.25) is 0 Å². The zero-order chi connectivity index (χ0) is 13.2. The number of nitrogens with one attached hydrogen (secondary N) is 1. The van der Waals surface area contributed by atoms with Gasteiger partial charge in [0.15, 0.2) is 0 Å². The Morgan fingerprint density at radius 3 is 2.28 bits per heavy atom. The molecule has 18 heavy (non-hydrogen) atoms. The molecule has 0 heterocycles. The van der Waals surface area contributed by atoms with Crippen LogP contribution in [0.2, 0.25) is 5.02 Å². The lowest BCUT2D eigenvalue weighted by Gasteiger charge is -2.32. The van der Waals surface area contributed by atoms with Crippen LogP contribution in [0.3, 0.4) is 0 Å². The molecule has 1 saturated carbocycles. The van der Waals surface area contributed by atoms with Gasteiger partial charge < -0.3 is 15.5 Å². The molecule has 1 unspecified atom stereocenters. The quantitative estimate of drug-likeness (QED) is 0.742. The van der Waals surface area contributed by atoms with E-state index in [0.717, 1.165) is 10.6 Å². The minimum Gasteiger partial charge on any atom is -0.394 e. The van der Waals surface area contributed by atoms with Gasteiger partial charge in [-0.3, -0.25) is 0 Å². The van der Waals surface area contributed by atoms with Crippen LogP contribution in [-0.2, 0) is 0 Å². The van der Waals surface area contributed by atoms with Crippen LogP contribution in [-0.4, -0.2) is 29.0 Å². The number of rotatable bonds is 6. The molecule has 0 bridgehead atoms. The summed E-state index contributed by atoms with van der Waals surface area (Å²) in [5, 5.41) is 22.9. The lowest BCUT2D eigenvalue weighted by molar-refractivity contribution is 0.0909. The van der Waals surface area contributed by atoms with Crippen molar-refractivity contribution in [2.45, 2.75) is 31.3 Å². The van der Waals surface area contributed by atoms with Crippen molar-refractivity contribution >= 4 is 11.6 Å². The summed E-state index contributed by atoms with van der Waals surface area (Å²) in [5.74, 6) is 0.587. The SMILES string of the molecule is CC(CO)(CO)NC(c1ccc(Cl)cc1)C1CC1. The van der Waals surface area contributed by atoms with E-state index in [0.29, 0.717) is 5.92 Å². The molecule has 1 fully saturated rings. The average Bonchev–Trinajstić information content (AvgIpc) is 3.21. The first-order valence-corrected chi connectivity index (χ1v) is 6.71. The van der Waals surface area contributed by atoms with Crippen molar-refractivity contribution in [1.29, 1.82) is 0 Å². The number of hydrogen-bond donors (Lipinski definition) is 3. The van der Waals surface area contributed by atoms with E-state index in [9.17, 15) is 10.2 Å². The highest BCUT2D eigenvalue weighted by Crippen LogP contribution is 2.42. The molecule has 1 aliphatic carbocycles. The van der Waals surface area contributed by atoms with E-state index >= 15 is 0 Å². The van der Waals surface area contributed by atoms with Gasteiger partial charge in [-0.2, -0.15) is 0 Å². The van der Waals surface area contributed by atoms with Crippen molar-refractivity contribution in [3.63, 3.8) is 0 Å². The van der Waals surface area contributed by atoms with Gasteiger partial charge in [-0.05, 0) is 43.4 Å². The van der Waals surface area contributed by atoms with E-state index in [1.54, 1.807) is 0 Å². The Hall–Kier alpha value is -0.610. The van der Waals surface area contributed by atoms with Gasteiger partial charge in [-0.1, -0.05) is 23.7 Å². The molecule has 0 amide bonds. The third kappa shape index (κ3) is 3.23. The van der Waals surface area contributed by atoms with Gasteiger partial charge in [0, 0.05) is 11.1 Å². The van der Waals surface area contributed by atoms with Crippen LogP contribution in [0, 0.1) is 5.92 Å². The largest absolute Gasteiger partial charge is 0.394 e. The van der Waals surface area contributed by atoms with Crippen LogP contribution >= 0.6 is 11.6 Å². The van der Waals surface area contributed by atoms with Crippen LogP contribution < -0.4 is 5.32 Å². The Balaban J connectivity index is 2.16. The molecule has 1 aliphatic rings. The van der Waals surface area contributed by atoms with Crippen LogP contribution in [0.1, 0.15) is 31.4 Å². The highest BCUT2D eigenvalue weighted by Gasteiger charge is 2.36. The number of hydrogen-bond acceptors (Lipinski definition) is 3. The summed E-state index contributed by atoms with van der Waals surface area (Å²) >= 11 is 5.90. The summed E-state index contributed by atoms with van der Waals surface area (Å²) in [7, 11) is 0. The van der Waals surface area contributed by atoms with Gasteiger partial charge in [0.25, 0.3) is 0 Å². The van der Waals surface area contributed by atoms with Crippen molar-refractivity contribution in [2.24, 2.45) is 5.92 Å². The van der Waals surface area contributed by atoms with Gasteiger partial charge in [-0.15, -0.1) is 0 Å². The fourth-order valence-corrected chi connectivity index (χ4v) is 2.22. The van der Waals surface area contributed by atoms with Crippen molar-refractivity contribution in [1.82, 2.24) is 5.32 Å². The summed E-state index contributed by atoms with van der Waals surface area (Å²) in [6.07, 6.45) is 2.38. The predicted molar refractivity (Wildman–Crippen MR) is 72.6 cm³/mol. The maximum absolute atomic E-state index is 9.38. The Morgan fingerprint density at radius 2 is 1.83 bits per heavy atom. The van der Waals surface area contributed by atoms with Gasteiger partial charge in [0.1, 0.15) is 0 Å². The topological polar surface area (TPSA) is 52.5 Å². The lowest BCUT2D eigenvalue weighted by atomic mass is 9.96. The normalized spacial score (nSPS) is 17.8. The first-order valence-electron chi connectivity index (χ1n) is 6.33. The molecule has 1 aromatic carbocycles. The summed E-state index contributed by atoms with van der Waals surface area (Å²) in [6, 6.07) is 7.94. The highest BCUT2D eigenvalue weighted by molar-refractivity contribution is 6.30. The summed E-state index contributed by atoms with van der Waals surface area (Å²) in [5.41, 5.74) is 0.516. The van der Waals surface area contributed by atoms with Gasteiger partial charge in [-0.25, -0.2) is 0 Å². The van der Waals surface area contributed by atoms with Crippen molar-refractivity contribution < 1.29 is 10.2 Å². The van der Waals surface area contributed by atoms with Crippen LogP contribution in [0.4, 0.5) is 0 Å². The van der Waals surface area contributed by atoms with E-state index < -0.39 is 5.54 Å². The number of aliphatic hydroxyl groups excluding tert-OH is 2. The predicted octanol–water partition coefficient (Wildman–Crippen LogP) is 2.12. The molecular weight excluding hydrogens is 250 g/mol. The van der Waals surface area contributed by atoms with E-state index in [4.69, 9.17) is 11.6 Å². The van der Waals surface area contributed by atoms with Crippen molar-refractivity contribution in [2.75, 3.05) is 13.2 Å². The Morgan fingerprint density at radius 1 is 1.28 bits per heavy atom. The molecule has 0 spiro atoms. The van der Waals surface area contributed by atoms with E-state index in [-0.39, 0.29) is 19.3 Å². The monoisotopic (exact) mass is 269 g/mol. The third-order valence-corrected chi connectivity index (χ3v) is 3.78. The third-order valence-electron chi connectivity index (χ3n) is 3.52. The van der Waals surface area contributed by atoms with Crippen molar-refractivity contribution in [3.05, 3.63) is 34.9 Å². The minimum atomic E-state index is -0.646. The van der Waals surface area contributed by atoms with Gasteiger partial charge in [0.05, 0.1) is 18.8 Å². The molecule has 0 saturated heterocycles. The molecule has 1 aromatic rings. The van der Waals surface area contributed by atoms with Crippen molar-refractivity contribution in [3.8, 4) is 0 Å². The van der Waals surface area contributed by atoms with Crippen LogP contribution in [0.25, 0.3) is 0 Å². The molecule has 0 aliphatic heterocycles. The first kappa shape index (κ1) is 13.8. The molecule has 3 nitrogen and oxygen atoms in total. The van der Waals surface area contributed by atoms with Crippen LogP contribution in [0.5, 0.6) is 0 Å². The maximum Gasteiger partial charge on any atom is 0.0633 e. The first-order chi connectivity index (χ1) is 8.58. The maximum atomic E-state index is 9.38. The summed E-state index contributed by atoms with van der Waals surface area (Å²) < 4.78 is 0. The highest BCUT2D eigenvalue weighted by atomic mass is 35.5. The fraction of sp³-hybridized carbons (Fsp3) is 0.571. The molecule has 1 atom stereocenters. The number of aliphatic hydroxyl groups is 2. The Kier molecular flexibility index (Phi) is 4.28. The molecule has 0 radical (unpaired) electrons. The summed E-state index contributed by atoms with van der Waals surface area (Å²) in [4.78, 5) is 0. The number of halogens is 1. The fourth-order valence-electron chi connectivity index (χ4n) is 2.09. The minimum absolute atomic E-state index is 0.0830. The second kappa shape index (κ2) is 5.57. The molecular formula is C14H20ClNO2.